The van der Waals surface area contributed by atoms with Crippen LogP contribution in [0.2, 0.25) is 0 Å². The van der Waals surface area contributed by atoms with Crippen molar-refractivity contribution < 1.29 is 31.9 Å². The van der Waals surface area contributed by atoms with Gasteiger partial charge in [-0.2, -0.15) is 0 Å². The zero-order valence-corrected chi connectivity index (χ0v) is 22.3. The molecule has 1 heterocycles. The van der Waals surface area contributed by atoms with Crippen molar-refractivity contribution >= 4 is 44.1 Å². The van der Waals surface area contributed by atoms with Gasteiger partial charge in [0.25, 0.3) is 0 Å². The standard InChI is InChI=1S/C21H29BrFN3O6S/c1-19(2,3)31-17(27)26(18(28)32-20(4,5)6)16-24-21(7,12-33(29,30)25(16)8)14-11-13(22)9-10-15(14)23/h9-11H,12H2,1-8H3/t21-/m0/s1. The third kappa shape index (κ3) is 6.44. The Morgan fingerprint density at radius 2 is 1.61 bits per heavy atom. The molecule has 1 aliphatic heterocycles. The second-order valence-corrected chi connectivity index (χ2v) is 12.7. The maximum absolute atomic E-state index is 14.7. The molecule has 1 aliphatic rings. The second-order valence-electron chi connectivity index (χ2n) is 9.83. The highest BCUT2D eigenvalue weighted by molar-refractivity contribution is 9.10. The molecule has 33 heavy (non-hydrogen) atoms. The van der Waals surface area contributed by atoms with E-state index in [1.54, 1.807) is 41.5 Å². The average Bonchev–Trinajstić information content (AvgIpc) is 2.58. The highest BCUT2D eigenvalue weighted by atomic mass is 79.9. The summed E-state index contributed by atoms with van der Waals surface area (Å²) in [7, 11) is -2.99. The Morgan fingerprint density at radius 1 is 1.12 bits per heavy atom. The van der Waals surface area contributed by atoms with Gasteiger partial charge in [0.2, 0.25) is 16.0 Å². The van der Waals surface area contributed by atoms with Crippen LogP contribution in [0.25, 0.3) is 0 Å². The molecule has 0 bridgehead atoms. The first kappa shape index (κ1) is 27.0. The molecule has 0 unspecified atom stereocenters. The molecule has 2 amide bonds. The fourth-order valence-corrected chi connectivity index (χ4v) is 4.85. The van der Waals surface area contributed by atoms with Gasteiger partial charge in [0.05, 0.1) is 5.75 Å². The van der Waals surface area contributed by atoms with E-state index in [1.807, 2.05) is 0 Å². The van der Waals surface area contributed by atoms with Gasteiger partial charge in [0, 0.05) is 17.1 Å². The smallest absolute Gasteiger partial charge is 0.427 e. The summed E-state index contributed by atoms with van der Waals surface area (Å²) in [6.45, 7) is 10.9. The van der Waals surface area contributed by atoms with Crippen LogP contribution in [-0.2, 0) is 25.0 Å². The van der Waals surface area contributed by atoms with Gasteiger partial charge in [-0.3, -0.25) is 0 Å². The highest BCUT2D eigenvalue weighted by Gasteiger charge is 2.48. The molecule has 0 N–H and O–H groups in total. The molecule has 0 saturated carbocycles. The van der Waals surface area contributed by atoms with Gasteiger partial charge in [-0.15, -0.1) is 4.90 Å². The van der Waals surface area contributed by atoms with Crippen LogP contribution in [0.3, 0.4) is 0 Å². The minimum atomic E-state index is -4.13. The summed E-state index contributed by atoms with van der Waals surface area (Å²) in [4.78, 5) is 30.9. The van der Waals surface area contributed by atoms with Crippen molar-refractivity contribution in [1.82, 2.24) is 9.21 Å². The number of ether oxygens (including phenoxy) is 2. The van der Waals surface area contributed by atoms with Crippen molar-refractivity contribution in [2.75, 3.05) is 12.8 Å². The summed E-state index contributed by atoms with van der Waals surface area (Å²) >= 11 is 3.25. The lowest BCUT2D eigenvalue weighted by Gasteiger charge is -2.39. The summed E-state index contributed by atoms with van der Waals surface area (Å²) in [6.07, 6.45) is -2.37. The first-order valence-corrected chi connectivity index (χ1v) is 12.4. The Hall–Kier alpha value is -2.21. The lowest BCUT2D eigenvalue weighted by Crippen LogP contribution is -2.58. The number of carbonyl (C=O) groups excluding carboxylic acids is 2. The number of hydrogen-bond donors (Lipinski definition) is 0. The van der Waals surface area contributed by atoms with Crippen LogP contribution in [0.1, 0.15) is 54.0 Å². The second kappa shape index (κ2) is 8.86. The van der Waals surface area contributed by atoms with Crippen LogP contribution < -0.4 is 0 Å². The summed E-state index contributed by atoms with van der Waals surface area (Å²) < 4.78 is 52.7. The first-order valence-electron chi connectivity index (χ1n) is 10.0. The van der Waals surface area contributed by atoms with E-state index in [0.29, 0.717) is 13.7 Å². The largest absolute Gasteiger partial charge is 0.443 e. The monoisotopic (exact) mass is 549 g/mol. The van der Waals surface area contributed by atoms with Crippen LogP contribution >= 0.6 is 15.9 Å². The number of carbonyl (C=O) groups is 2. The summed E-state index contributed by atoms with van der Waals surface area (Å²) in [5.74, 6) is -1.85. The minimum Gasteiger partial charge on any atom is -0.443 e. The molecular weight excluding hydrogens is 521 g/mol. The number of amides is 2. The van der Waals surface area contributed by atoms with Gasteiger partial charge in [-0.1, -0.05) is 15.9 Å². The number of halogens is 2. The Morgan fingerprint density at radius 3 is 2.06 bits per heavy atom. The maximum Gasteiger partial charge on any atom is 0.427 e. The average molecular weight is 550 g/mol. The van der Waals surface area contributed by atoms with Gasteiger partial charge in [0.1, 0.15) is 22.6 Å². The predicted molar refractivity (Wildman–Crippen MR) is 125 cm³/mol. The molecule has 0 aromatic heterocycles. The zero-order valence-electron chi connectivity index (χ0n) is 19.9. The predicted octanol–water partition coefficient (Wildman–Crippen LogP) is 4.61. The molecule has 1 aromatic carbocycles. The Bertz CT molecular complexity index is 1070. The molecule has 0 spiro atoms. The van der Waals surface area contributed by atoms with E-state index < -0.39 is 56.5 Å². The number of benzene rings is 1. The van der Waals surface area contributed by atoms with Crippen molar-refractivity contribution in [3.05, 3.63) is 34.1 Å². The third-order valence-electron chi connectivity index (χ3n) is 4.37. The van der Waals surface area contributed by atoms with Crippen molar-refractivity contribution in [3.63, 3.8) is 0 Å². The third-order valence-corrected chi connectivity index (χ3v) is 6.79. The van der Waals surface area contributed by atoms with E-state index in [0.717, 1.165) is 7.05 Å². The molecule has 1 atom stereocenters. The Labute approximate surface area is 202 Å². The van der Waals surface area contributed by atoms with Gasteiger partial charge in [-0.25, -0.2) is 31.7 Å². The summed E-state index contributed by atoms with van der Waals surface area (Å²) in [6, 6.07) is 4.04. The Balaban J connectivity index is 2.75. The van der Waals surface area contributed by atoms with E-state index in [1.165, 1.54) is 25.1 Å². The Kier molecular flexibility index (Phi) is 7.26. The molecule has 9 nitrogen and oxygen atoms in total. The fraction of sp³-hybridized carbons (Fsp3) is 0.571. The molecule has 0 aliphatic carbocycles. The lowest BCUT2D eigenvalue weighted by molar-refractivity contribution is 0.0133. The molecule has 0 radical (unpaired) electrons. The van der Waals surface area contributed by atoms with E-state index >= 15 is 0 Å². The van der Waals surface area contributed by atoms with E-state index in [9.17, 15) is 22.4 Å². The van der Waals surface area contributed by atoms with Gasteiger partial charge < -0.3 is 9.47 Å². The number of nitrogens with zero attached hydrogens (tertiary/aromatic N) is 3. The summed E-state index contributed by atoms with van der Waals surface area (Å²) in [5, 5.41) is 0. The number of guanidine groups is 1. The number of aliphatic imine (C=N–C) groups is 1. The minimum absolute atomic E-state index is 0.0284. The number of rotatable bonds is 1. The van der Waals surface area contributed by atoms with Crippen LogP contribution in [0.5, 0.6) is 0 Å². The van der Waals surface area contributed by atoms with Gasteiger partial charge in [0.15, 0.2) is 0 Å². The van der Waals surface area contributed by atoms with Crippen molar-refractivity contribution in [3.8, 4) is 0 Å². The van der Waals surface area contributed by atoms with Gasteiger partial charge >= 0.3 is 12.2 Å². The molecule has 12 heteroatoms. The van der Waals surface area contributed by atoms with Gasteiger partial charge in [-0.05, 0) is 66.7 Å². The topological polar surface area (TPSA) is 106 Å². The SMILES string of the molecule is CN1C(N(C(=O)OC(C)(C)C)C(=O)OC(C)(C)C)=N[C@](C)(c2cc(Br)ccc2F)CS1(=O)=O. The quantitative estimate of drug-likeness (QED) is 0.506. The van der Waals surface area contributed by atoms with E-state index in [-0.39, 0.29) is 5.56 Å². The molecular formula is C21H29BrFN3O6S. The van der Waals surface area contributed by atoms with Crippen LogP contribution in [0.15, 0.2) is 27.7 Å². The lowest BCUT2D eigenvalue weighted by atomic mass is 9.94. The molecule has 184 valence electrons. The molecule has 2 rings (SSSR count). The van der Waals surface area contributed by atoms with Crippen molar-refractivity contribution in [2.45, 2.75) is 65.2 Å². The highest BCUT2D eigenvalue weighted by Crippen LogP contribution is 2.36. The fourth-order valence-electron chi connectivity index (χ4n) is 2.99. The van der Waals surface area contributed by atoms with E-state index in [2.05, 4.69) is 20.9 Å². The zero-order chi connectivity index (χ0) is 25.6. The maximum atomic E-state index is 14.7. The van der Waals surface area contributed by atoms with Crippen molar-refractivity contribution in [1.29, 1.82) is 0 Å². The van der Waals surface area contributed by atoms with E-state index in [4.69, 9.17) is 9.47 Å². The number of imide groups is 1. The van der Waals surface area contributed by atoms with Crippen LogP contribution in [-0.4, -0.2) is 59.8 Å². The van der Waals surface area contributed by atoms with Crippen molar-refractivity contribution in [2.24, 2.45) is 4.99 Å². The van der Waals surface area contributed by atoms with Crippen LogP contribution in [0.4, 0.5) is 14.0 Å². The summed E-state index contributed by atoms with van der Waals surface area (Å²) in [5.41, 5.74) is -3.70. The normalized spacial score (nSPS) is 20.7. The number of hydrogen-bond acceptors (Lipinski definition) is 7. The number of sulfonamides is 1. The molecule has 0 fully saturated rings. The molecule has 0 saturated heterocycles. The van der Waals surface area contributed by atoms with Crippen LogP contribution in [0, 0.1) is 5.82 Å². The molecule has 1 aromatic rings. The first-order chi connectivity index (χ1) is 14.8.